The summed E-state index contributed by atoms with van der Waals surface area (Å²) >= 11 is 0. The predicted octanol–water partition coefficient (Wildman–Crippen LogP) is 2.63. The highest BCUT2D eigenvalue weighted by Gasteiger charge is 2.30. The van der Waals surface area contributed by atoms with Gasteiger partial charge in [0.15, 0.2) is 6.10 Å². The maximum absolute atomic E-state index is 12.9. The van der Waals surface area contributed by atoms with E-state index in [4.69, 9.17) is 9.57 Å². The van der Waals surface area contributed by atoms with Gasteiger partial charge in [0, 0.05) is 19.3 Å². The largest absolute Gasteiger partial charge is 0.480 e. The Morgan fingerprint density at radius 1 is 1.15 bits per heavy atom. The van der Waals surface area contributed by atoms with Gasteiger partial charge in [-0.1, -0.05) is 35.5 Å². The van der Waals surface area contributed by atoms with E-state index in [1.54, 1.807) is 12.1 Å². The second-order valence-electron chi connectivity index (χ2n) is 6.56. The Kier molecular flexibility index (Phi) is 4.56. The maximum Gasteiger partial charge on any atom is 0.261 e. The van der Waals surface area contributed by atoms with Gasteiger partial charge < -0.3 is 14.9 Å². The van der Waals surface area contributed by atoms with Gasteiger partial charge in [-0.25, -0.2) is 4.39 Å². The van der Waals surface area contributed by atoms with E-state index >= 15 is 0 Å². The minimum Gasteiger partial charge on any atom is -0.480 e. The minimum atomic E-state index is -0.492. The summed E-state index contributed by atoms with van der Waals surface area (Å²) in [5.41, 5.74) is 2.92. The number of rotatable bonds is 5. The fraction of sp³-hybridized carbons (Fsp3) is 0.300. The van der Waals surface area contributed by atoms with E-state index in [-0.39, 0.29) is 17.8 Å². The monoisotopic (exact) mass is 354 g/mol. The summed E-state index contributed by atoms with van der Waals surface area (Å²) in [6.45, 7) is 0.380. The SMILES string of the molecule is O=C(NC[C@@H]1CC(Cc2ccc(F)cc2)=NO1)[C@@H]1Cc2ccccc2O1. The summed E-state index contributed by atoms with van der Waals surface area (Å²) in [6.07, 6.45) is 1.17. The molecule has 4 rings (SSSR count). The highest BCUT2D eigenvalue weighted by molar-refractivity contribution is 5.87. The molecular weight excluding hydrogens is 335 g/mol. The third-order valence-corrected chi connectivity index (χ3v) is 4.56. The highest BCUT2D eigenvalue weighted by Crippen LogP contribution is 2.28. The summed E-state index contributed by atoms with van der Waals surface area (Å²) < 4.78 is 18.6. The van der Waals surface area contributed by atoms with E-state index in [0.29, 0.717) is 25.8 Å². The number of hydrogen-bond donors (Lipinski definition) is 1. The average Bonchev–Trinajstić information content (AvgIpc) is 3.28. The molecule has 0 bridgehead atoms. The highest BCUT2D eigenvalue weighted by atomic mass is 19.1. The first-order valence-electron chi connectivity index (χ1n) is 8.65. The van der Waals surface area contributed by atoms with E-state index in [0.717, 1.165) is 22.6 Å². The van der Waals surface area contributed by atoms with Crippen LogP contribution in [0.3, 0.4) is 0 Å². The van der Waals surface area contributed by atoms with Crippen molar-refractivity contribution >= 4 is 11.6 Å². The van der Waals surface area contributed by atoms with Crippen LogP contribution in [0.4, 0.5) is 4.39 Å². The molecule has 0 saturated carbocycles. The Hall–Kier alpha value is -2.89. The number of benzene rings is 2. The molecule has 1 amide bonds. The molecule has 26 heavy (non-hydrogen) atoms. The van der Waals surface area contributed by atoms with E-state index in [1.165, 1.54) is 12.1 Å². The van der Waals surface area contributed by atoms with Crippen LogP contribution >= 0.6 is 0 Å². The van der Waals surface area contributed by atoms with Gasteiger partial charge in [0.1, 0.15) is 17.7 Å². The van der Waals surface area contributed by atoms with Crippen LogP contribution in [0, 0.1) is 5.82 Å². The van der Waals surface area contributed by atoms with Crippen molar-refractivity contribution in [2.24, 2.45) is 5.16 Å². The standard InChI is InChI=1S/C20H19FN2O3/c21-15-7-5-13(6-8-15)9-16-11-17(26-23-16)12-22-20(24)19-10-14-3-1-2-4-18(14)25-19/h1-8,17,19H,9-12H2,(H,22,24)/t17-,19-/m0/s1. The second kappa shape index (κ2) is 7.15. The Morgan fingerprint density at radius 2 is 1.96 bits per heavy atom. The lowest BCUT2D eigenvalue weighted by Gasteiger charge is -2.13. The zero-order valence-corrected chi connectivity index (χ0v) is 14.2. The van der Waals surface area contributed by atoms with Crippen LogP contribution in [0.15, 0.2) is 53.7 Å². The van der Waals surface area contributed by atoms with Gasteiger partial charge in [0.25, 0.3) is 5.91 Å². The first kappa shape index (κ1) is 16.6. The van der Waals surface area contributed by atoms with Crippen LogP contribution in [0.25, 0.3) is 0 Å². The summed E-state index contributed by atoms with van der Waals surface area (Å²) in [5.74, 6) is 0.377. The lowest BCUT2D eigenvalue weighted by Crippen LogP contribution is -2.41. The van der Waals surface area contributed by atoms with Gasteiger partial charge in [-0.2, -0.15) is 0 Å². The summed E-state index contributed by atoms with van der Waals surface area (Å²) in [7, 11) is 0. The van der Waals surface area contributed by atoms with E-state index < -0.39 is 6.10 Å². The van der Waals surface area contributed by atoms with Gasteiger partial charge in [0.05, 0.1) is 12.3 Å². The fourth-order valence-corrected chi connectivity index (χ4v) is 3.19. The number of nitrogens with one attached hydrogen (secondary N) is 1. The summed E-state index contributed by atoms with van der Waals surface area (Å²) in [5, 5.41) is 6.96. The van der Waals surface area contributed by atoms with Crippen LogP contribution in [0.2, 0.25) is 0 Å². The van der Waals surface area contributed by atoms with E-state index in [9.17, 15) is 9.18 Å². The first-order valence-corrected chi connectivity index (χ1v) is 8.65. The molecule has 0 radical (unpaired) electrons. The number of para-hydroxylation sites is 1. The number of amides is 1. The second-order valence-corrected chi connectivity index (χ2v) is 6.56. The number of ether oxygens (including phenoxy) is 1. The number of hydrogen-bond acceptors (Lipinski definition) is 4. The normalized spacial score (nSPS) is 20.7. The molecule has 0 spiro atoms. The van der Waals surface area contributed by atoms with Crippen molar-refractivity contribution in [3.05, 3.63) is 65.5 Å². The molecule has 0 aromatic heterocycles. The number of carbonyl (C=O) groups is 1. The molecule has 1 N–H and O–H groups in total. The Balaban J connectivity index is 1.23. The van der Waals surface area contributed by atoms with Crippen molar-refractivity contribution in [3.63, 3.8) is 0 Å². The smallest absolute Gasteiger partial charge is 0.261 e. The summed E-state index contributed by atoms with van der Waals surface area (Å²) in [6, 6.07) is 14.0. The quantitative estimate of drug-likeness (QED) is 0.898. The number of oxime groups is 1. The van der Waals surface area contributed by atoms with E-state index in [1.807, 2.05) is 24.3 Å². The van der Waals surface area contributed by atoms with Crippen molar-refractivity contribution in [3.8, 4) is 5.75 Å². The Bertz CT molecular complexity index is 810. The predicted molar refractivity (Wildman–Crippen MR) is 94.6 cm³/mol. The molecule has 0 fully saturated rings. The average molecular weight is 354 g/mol. The van der Waals surface area contributed by atoms with Gasteiger partial charge in [-0.05, 0) is 29.3 Å². The van der Waals surface area contributed by atoms with Gasteiger partial charge in [0.2, 0.25) is 0 Å². The van der Waals surface area contributed by atoms with Crippen LogP contribution in [-0.4, -0.2) is 30.4 Å². The molecular formula is C20H19FN2O3. The summed E-state index contributed by atoms with van der Waals surface area (Å²) in [4.78, 5) is 17.7. The number of halogens is 1. The molecule has 0 unspecified atom stereocenters. The molecule has 2 aliphatic rings. The molecule has 6 heteroatoms. The van der Waals surface area contributed by atoms with Crippen molar-refractivity contribution < 1.29 is 18.8 Å². The molecule has 2 aliphatic heterocycles. The Labute approximate surface area is 150 Å². The van der Waals surface area contributed by atoms with Crippen molar-refractivity contribution in [1.82, 2.24) is 5.32 Å². The van der Waals surface area contributed by atoms with Gasteiger partial charge >= 0.3 is 0 Å². The zero-order valence-electron chi connectivity index (χ0n) is 14.2. The van der Waals surface area contributed by atoms with Crippen LogP contribution in [0.5, 0.6) is 5.75 Å². The molecule has 2 atom stereocenters. The lowest BCUT2D eigenvalue weighted by atomic mass is 10.0. The Morgan fingerprint density at radius 3 is 2.77 bits per heavy atom. The van der Waals surface area contributed by atoms with E-state index in [2.05, 4.69) is 10.5 Å². The first-order chi connectivity index (χ1) is 12.7. The molecule has 5 nitrogen and oxygen atoms in total. The topological polar surface area (TPSA) is 59.9 Å². The minimum absolute atomic E-state index is 0.142. The van der Waals surface area contributed by atoms with Crippen LogP contribution < -0.4 is 10.1 Å². The van der Waals surface area contributed by atoms with Gasteiger partial charge in [-0.3, -0.25) is 4.79 Å². The molecule has 134 valence electrons. The molecule has 0 saturated heterocycles. The third-order valence-electron chi connectivity index (χ3n) is 4.56. The molecule has 2 heterocycles. The van der Waals surface area contributed by atoms with Crippen molar-refractivity contribution in [2.75, 3.05) is 6.54 Å². The maximum atomic E-state index is 12.9. The lowest BCUT2D eigenvalue weighted by molar-refractivity contribution is -0.127. The molecule has 2 aromatic rings. The molecule has 2 aromatic carbocycles. The number of nitrogens with zero attached hydrogens (tertiary/aromatic N) is 1. The number of fused-ring (bicyclic) bond motifs is 1. The fourth-order valence-electron chi connectivity index (χ4n) is 3.19. The third kappa shape index (κ3) is 3.69. The molecule has 0 aliphatic carbocycles. The van der Waals surface area contributed by atoms with Crippen molar-refractivity contribution in [1.29, 1.82) is 0 Å². The van der Waals surface area contributed by atoms with Gasteiger partial charge in [-0.15, -0.1) is 0 Å². The zero-order chi connectivity index (χ0) is 17.9. The van der Waals surface area contributed by atoms with Crippen molar-refractivity contribution in [2.45, 2.75) is 31.5 Å². The van der Waals surface area contributed by atoms with Crippen LogP contribution in [-0.2, 0) is 22.5 Å². The van der Waals surface area contributed by atoms with Crippen LogP contribution in [0.1, 0.15) is 17.5 Å². The number of carbonyl (C=O) groups excluding carboxylic acids is 1.